The van der Waals surface area contributed by atoms with E-state index in [4.69, 9.17) is 9.47 Å². The topological polar surface area (TPSA) is 52.6 Å². The van der Waals surface area contributed by atoms with Crippen LogP contribution in [0.1, 0.15) is 12.8 Å². The second kappa shape index (κ2) is 1.97. The van der Waals surface area contributed by atoms with Crippen molar-refractivity contribution in [2.24, 2.45) is 23.7 Å². The highest BCUT2D eigenvalue weighted by atomic mass is 16.6. The average Bonchev–Trinajstić information content (AvgIpc) is 2.71. The SMILES string of the molecule is O=C1O[C@H]2[C@@H]3[C@@H]4C[C@H]2OC(=O)[C@@H]4C[C@H]13. The van der Waals surface area contributed by atoms with Crippen LogP contribution in [-0.4, -0.2) is 24.1 Å². The Hall–Kier alpha value is -1.06. The maximum Gasteiger partial charge on any atom is 0.309 e. The summed E-state index contributed by atoms with van der Waals surface area (Å²) < 4.78 is 10.6. The molecule has 74 valence electrons. The molecule has 0 unspecified atom stereocenters. The predicted octanol–water partition coefficient (Wildman–Crippen LogP) is 0.109. The molecule has 4 rings (SSSR count). The summed E-state index contributed by atoms with van der Waals surface area (Å²) in [7, 11) is 0. The summed E-state index contributed by atoms with van der Waals surface area (Å²) in [5, 5.41) is 0. The van der Waals surface area contributed by atoms with Crippen LogP contribution in [0.15, 0.2) is 0 Å². The van der Waals surface area contributed by atoms with Gasteiger partial charge in [0.1, 0.15) is 12.2 Å². The van der Waals surface area contributed by atoms with Gasteiger partial charge in [0.25, 0.3) is 0 Å². The van der Waals surface area contributed by atoms with Gasteiger partial charge in [-0.25, -0.2) is 0 Å². The number of carbonyl (C=O) groups is 2. The van der Waals surface area contributed by atoms with E-state index in [1.807, 2.05) is 0 Å². The highest BCUT2D eigenvalue weighted by Gasteiger charge is 2.67. The molecule has 2 saturated carbocycles. The van der Waals surface area contributed by atoms with E-state index in [1.165, 1.54) is 0 Å². The number of fused-ring (bicyclic) bond motifs is 2. The molecule has 0 aromatic heterocycles. The molecule has 2 aliphatic heterocycles. The van der Waals surface area contributed by atoms with E-state index in [2.05, 4.69) is 0 Å². The normalized spacial score (nSPS) is 57.4. The van der Waals surface area contributed by atoms with Gasteiger partial charge in [-0.1, -0.05) is 0 Å². The van der Waals surface area contributed by atoms with Crippen molar-refractivity contribution in [1.82, 2.24) is 0 Å². The molecule has 14 heavy (non-hydrogen) atoms. The molecule has 0 amide bonds. The number of ether oxygens (including phenoxy) is 2. The van der Waals surface area contributed by atoms with Gasteiger partial charge in [-0.2, -0.15) is 0 Å². The zero-order chi connectivity index (χ0) is 9.45. The Morgan fingerprint density at radius 1 is 1.00 bits per heavy atom. The van der Waals surface area contributed by atoms with Crippen molar-refractivity contribution < 1.29 is 19.1 Å². The first-order valence-corrected chi connectivity index (χ1v) is 5.16. The Morgan fingerprint density at radius 3 is 2.64 bits per heavy atom. The third-order valence-electron chi connectivity index (χ3n) is 4.36. The van der Waals surface area contributed by atoms with Gasteiger partial charge in [0.2, 0.25) is 0 Å². The van der Waals surface area contributed by atoms with Crippen molar-refractivity contribution in [2.45, 2.75) is 25.0 Å². The van der Waals surface area contributed by atoms with Gasteiger partial charge >= 0.3 is 11.9 Å². The lowest BCUT2D eigenvalue weighted by Crippen LogP contribution is -2.34. The molecule has 2 aliphatic carbocycles. The quantitative estimate of drug-likeness (QED) is 0.513. The zero-order valence-corrected chi connectivity index (χ0v) is 7.51. The van der Waals surface area contributed by atoms with E-state index >= 15 is 0 Å². The molecule has 6 atom stereocenters. The van der Waals surface area contributed by atoms with Gasteiger partial charge in [0.15, 0.2) is 0 Å². The molecule has 0 spiro atoms. The lowest BCUT2D eigenvalue weighted by atomic mass is 9.90. The first kappa shape index (κ1) is 7.26. The molecule has 0 aromatic rings. The average molecular weight is 194 g/mol. The molecule has 2 bridgehead atoms. The van der Waals surface area contributed by atoms with Gasteiger partial charge in [0.05, 0.1) is 11.8 Å². The van der Waals surface area contributed by atoms with Crippen LogP contribution >= 0.6 is 0 Å². The Balaban J connectivity index is 1.87. The molecule has 4 aliphatic rings. The standard InChI is InChI=1S/C10H10O4/c11-9-4-1-5-7-3(4)2-6(13-9)8(7)14-10(5)12/h3-8H,1-2H2/t3-,4-,5+,6-,7-,8-/m1/s1. The highest BCUT2D eigenvalue weighted by molar-refractivity contribution is 5.82. The molecule has 4 nitrogen and oxygen atoms in total. The largest absolute Gasteiger partial charge is 0.458 e. The summed E-state index contributed by atoms with van der Waals surface area (Å²) in [6.07, 6.45) is 1.32. The fourth-order valence-corrected chi connectivity index (χ4v) is 3.87. The van der Waals surface area contributed by atoms with Gasteiger partial charge in [-0.15, -0.1) is 0 Å². The lowest BCUT2D eigenvalue weighted by Gasteiger charge is -2.24. The van der Waals surface area contributed by atoms with Crippen molar-refractivity contribution in [1.29, 1.82) is 0 Å². The summed E-state index contributed by atoms with van der Waals surface area (Å²) in [5.74, 6) is 0.425. The van der Waals surface area contributed by atoms with E-state index in [9.17, 15) is 9.59 Å². The molecular weight excluding hydrogens is 184 g/mol. The van der Waals surface area contributed by atoms with Crippen molar-refractivity contribution in [2.75, 3.05) is 0 Å². The smallest absolute Gasteiger partial charge is 0.309 e. The van der Waals surface area contributed by atoms with Crippen molar-refractivity contribution in [3.8, 4) is 0 Å². The summed E-state index contributed by atoms with van der Waals surface area (Å²) in [6.45, 7) is 0. The Labute approximate surface area is 80.6 Å². The molecule has 0 radical (unpaired) electrons. The van der Waals surface area contributed by atoms with E-state index in [0.717, 1.165) is 6.42 Å². The number of carbonyl (C=O) groups excluding carboxylic acids is 2. The molecule has 0 N–H and O–H groups in total. The predicted molar refractivity (Wildman–Crippen MR) is 43.0 cm³/mol. The number of hydrogen-bond acceptors (Lipinski definition) is 4. The molecule has 2 saturated heterocycles. The summed E-state index contributed by atoms with van der Waals surface area (Å²) in [4.78, 5) is 23.0. The van der Waals surface area contributed by atoms with Crippen LogP contribution in [0, 0.1) is 23.7 Å². The summed E-state index contributed by atoms with van der Waals surface area (Å²) >= 11 is 0. The van der Waals surface area contributed by atoms with Crippen molar-refractivity contribution in [3.63, 3.8) is 0 Å². The van der Waals surface area contributed by atoms with E-state index in [0.29, 0.717) is 12.3 Å². The van der Waals surface area contributed by atoms with Crippen LogP contribution in [0.5, 0.6) is 0 Å². The maximum atomic E-state index is 11.5. The molecule has 2 heterocycles. The second-order valence-corrected chi connectivity index (χ2v) is 4.80. The summed E-state index contributed by atoms with van der Waals surface area (Å²) in [5.41, 5.74) is 0. The van der Waals surface area contributed by atoms with E-state index < -0.39 is 0 Å². The third kappa shape index (κ3) is 0.586. The van der Waals surface area contributed by atoms with Crippen LogP contribution in [0.25, 0.3) is 0 Å². The summed E-state index contributed by atoms with van der Waals surface area (Å²) in [6, 6.07) is 0. The number of esters is 2. The van der Waals surface area contributed by atoms with Gasteiger partial charge in [-0.3, -0.25) is 9.59 Å². The maximum absolute atomic E-state index is 11.5. The molecular formula is C10H10O4. The van der Waals surface area contributed by atoms with Gasteiger partial charge in [0, 0.05) is 5.92 Å². The third-order valence-corrected chi connectivity index (χ3v) is 4.36. The van der Waals surface area contributed by atoms with Crippen molar-refractivity contribution >= 4 is 11.9 Å². The van der Waals surface area contributed by atoms with E-state index in [-0.39, 0.29) is 41.9 Å². The molecule has 4 heteroatoms. The highest BCUT2D eigenvalue weighted by Crippen LogP contribution is 2.59. The fourth-order valence-electron chi connectivity index (χ4n) is 3.87. The van der Waals surface area contributed by atoms with Crippen LogP contribution in [0.2, 0.25) is 0 Å². The minimum absolute atomic E-state index is 0.00662. The molecule has 0 aromatic carbocycles. The van der Waals surface area contributed by atoms with Gasteiger partial charge < -0.3 is 9.47 Å². The van der Waals surface area contributed by atoms with Crippen LogP contribution < -0.4 is 0 Å². The Kier molecular flexibility index (Phi) is 1.02. The second-order valence-electron chi connectivity index (χ2n) is 4.80. The first-order chi connectivity index (χ1) is 6.75. The van der Waals surface area contributed by atoms with Crippen LogP contribution in [0.4, 0.5) is 0 Å². The van der Waals surface area contributed by atoms with Crippen molar-refractivity contribution in [3.05, 3.63) is 0 Å². The zero-order valence-electron chi connectivity index (χ0n) is 7.51. The minimum Gasteiger partial charge on any atom is -0.458 e. The minimum atomic E-state index is -0.136. The fraction of sp³-hybridized carbons (Fsp3) is 0.800. The monoisotopic (exact) mass is 194 g/mol. The van der Waals surface area contributed by atoms with Crippen LogP contribution in [-0.2, 0) is 19.1 Å². The Morgan fingerprint density at radius 2 is 1.79 bits per heavy atom. The first-order valence-electron chi connectivity index (χ1n) is 5.16. The van der Waals surface area contributed by atoms with Gasteiger partial charge in [-0.05, 0) is 18.8 Å². The lowest BCUT2D eigenvalue weighted by molar-refractivity contribution is -0.165. The number of hydrogen-bond donors (Lipinski definition) is 0. The Bertz CT molecular complexity index is 348. The molecule has 4 fully saturated rings. The van der Waals surface area contributed by atoms with E-state index in [1.54, 1.807) is 0 Å². The number of rotatable bonds is 0. The van der Waals surface area contributed by atoms with Crippen LogP contribution in [0.3, 0.4) is 0 Å².